The van der Waals surface area contributed by atoms with Crippen LogP contribution in [-0.2, 0) is 14.9 Å². The quantitative estimate of drug-likeness (QED) is 0.549. The zero-order valence-electron chi connectivity index (χ0n) is 7.91. The van der Waals surface area contributed by atoms with Gasteiger partial charge < -0.3 is 5.11 Å². The van der Waals surface area contributed by atoms with Crippen molar-refractivity contribution in [2.75, 3.05) is 0 Å². The number of carbonyl (C=O) groups is 1. The van der Waals surface area contributed by atoms with Gasteiger partial charge in [0, 0.05) is 0 Å². The molecule has 0 aromatic carbocycles. The first-order valence-corrected chi connectivity index (χ1v) is 5.53. The van der Waals surface area contributed by atoms with E-state index in [-0.39, 0.29) is 57.0 Å². The summed E-state index contributed by atoms with van der Waals surface area (Å²) in [5, 5.41) is 8.96. The average Bonchev–Trinajstić information content (AvgIpc) is 2.15. The molecule has 84 valence electrons. The molecule has 16 heavy (non-hydrogen) atoms. The van der Waals surface area contributed by atoms with Gasteiger partial charge in [-0.3, -0.25) is 4.55 Å². The molecule has 1 rings (SSSR count). The van der Waals surface area contributed by atoms with Crippen LogP contribution < -0.4 is 0 Å². The number of hydrogen-bond donors (Lipinski definition) is 2. The van der Waals surface area contributed by atoms with Crippen molar-refractivity contribution in [1.29, 1.82) is 0 Å². The van der Waals surface area contributed by atoms with Crippen LogP contribution in [0.3, 0.4) is 0 Å². The van der Waals surface area contributed by atoms with E-state index >= 15 is 0 Å². The second-order valence-electron chi connectivity index (χ2n) is 2.98. The molecular formula is C9H11KO5S. The third kappa shape index (κ3) is 2.56. The molecule has 0 radical (unpaired) electrons. The summed E-state index contributed by atoms with van der Waals surface area (Å²) in [4.78, 5) is 11.0. The molecule has 0 saturated carbocycles. The maximum atomic E-state index is 11.2. The average molecular weight is 270 g/mol. The van der Waals surface area contributed by atoms with Crippen LogP contribution in [0.2, 0.25) is 0 Å². The van der Waals surface area contributed by atoms with E-state index in [1.54, 1.807) is 0 Å². The van der Waals surface area contributed by atoms with Gasteiger partial charge in [0.05, 0.1) is 0 Å². The fraction of sp³-hybridized carbons (Fsp3) is 0.222. The predicted octanol–water partition coefficient (Wildman–Crippen LogP) is 0.121. The van der Waals surface area contributed by atoms with Crippen molar-refractivity contribution < 1.29 is 22.9 Å². The van der Waals surface area contributed by atoms with Crippen LogP contribution in [0.5, 0.6) is 0 Å². The number of rotatable bonds is 2. The summed E-state index contributed by atoms with van der Waals surface area (Å²) in [6, 6.07) is 0. The minimum atomic E-state index is -4.75. The fourth-order valence-corrected chi connectivity index (χ4v) is 2.38. The van der Waals surface area contributed by atoms with Crippen LogP contribution >= 0.6 is 0 Å². The van der Waals surface area contributed by atoms with Crippen molar-refractivity contribution in [3.05, 3.63) is 36.0 Å². The summed E-state index contributed by atoms with van der Waals surface area (Å²) in [5.41, 5.74) is 0.0139. The number of hydrogen-bond acceptors (Lipinski definition) is 3. The molecule has 0 bridgehead atoms. The Hall–Kier alpha value is 0.236. The van der Waals surface area contributed by atoms with E-state index in [1.807, 2.05) is 0 Å². The first kappa shape index (κ1) is 16.2. The molecule has 0 fully saturated rings. The predicted molar refractivity (Wildman–Crippen MR) is 61.1 cm³/mol. The molecule has 0 saturated heterocycles. The zero-order chi connectivity index (χ0) is 11.7. The van der Waals surface area contributed by atoms with Gasteiger partial charge in [-0.1, -0.05) is 24.3 Å². The molecule has 1 aliphatic carbocycles. The van der Waals surface area contributed by atoms with E-state index in [4.69, 9.17) is 9.66 Å². The summed E-state index contributed by atoms with van der Waals surface area (Å²) in [5.74, 6) is -1.63. The molecular weight excluding hydrogens is 259 g/mol. The summed E-state index contributed by atoms with van der Waals surface area (Å²) < 4.78 is 29.0. The molecule has 2 N–H and O–H groups in total. The van der Waals surface area contributed by atoms with Crippen LogP contribution in [0.1, 0.15) is 6.92 Å². The molecule has 0 aromatic rings. The van der Waals surface area contributed by atoms with Crippen LogP contribution in [0.15, 0.2) is 36.0 Å². The summed E-state index contributed by atoms with van der Waals surface area (Å²) in [6.07, 6.45) is 6.39. The third-order valence-corrected chi connectivity index (χ3v) is 3.54. The van der Waals surface area contributed by atoms with Gasteiger partial charge >= 0.3 is 57.4 Å². The minimum absolute atomic E-state index is 0. The van der Waals surface area contributed by atoms with Crippen LogP contribution in [0.25, 0.3) is 0 Å². The van der Waals surface area contributed by atoms with Gasteiger partial charge in [0.2, 0.25) is 4.75 Å². The van der Waals surface area contributed by atoms with Crippen LogP contribution in [0.4, 0.5) is 0 Å². The molecule has 5 nitrogen and oxygen atoms in total. The van der Waals surface area contributed by atoms with E-state index < -0.39 is 20.8 Å². The second-order valence-corrected chi connectivity index (χ2v) is 4.57. The molecule has 1 aliphatic rings. The normalized spacial score (nSPS) is 26.5. The summed E-state index contributed by atoms with van der Waals surface area (Å²) in [7, 11) is -4.75. The number of carboxylic acids is 1. The number of allylic oxidation sites excluding steroid dienone is 4. The van der Waals surface area contributed by atoms with Gasteiger partial charge in [0.25, 0.3) is 10.1 Å². The topological polar surface area (TPSA) is 91.7 Å². The van der Waals surface area contributed by atoms with Crippen LogP contribution in [-0.4, -0.2) is 80.2 Å². The molecule has 0 amide bonds. The third-order valence-electron chi connectivity index (χ3n) is 2.18. The molecule has 0 heterocycles. The van der Waals surface area contributed by atoms with Crippen molar-refractivity contribution >= 4 is 67.5 Å². The van der Waals surface area contributed by atoms with Gasteiger partial charge in [-0.25, -0.2) is 4.79 Å². The zero-order valence-corrected chi connectivity index (χ0v) is 8.73. The van der Waals surface area contributed by atoms with E-state index in [0.29, 0.717) is 0 Å². The first-order chi connectivity index (χ1) is 6.86. The Labute approximate surface area is 136 Å². The molecule has 0 aromatic heterocycles. The van der Waals surface area contributed by atoms with Crippen molar-refractivity contribution in [2.24, 2.45) is 0 Å². The standard InChI is InChI=1S/C9H10O5S.K.H/c1-2-7-5-3-4-6-9(7,8(10)11)15(12,13)14;;/h2-6H,1H3,(H,10,11)(H,12,13,14);;. The Balaban J connectivity index is 0.00000225. The van der Waals surface area contributed by atoms with Gasteiger partial charge in [-0.05, 0) is 18.6 Å². The Morgan fingerprint density at radius 3 is 2.31 bits per heavy atom. The van der Waals surface area contributed by atoms with Crippen molar-refractivity contribution in [2.45, 2.75) is 11.7 Å². The van der Waals surface area contributed by atoms with Crippen molar-refractivity contribution in [3.63, 3.8) is 0 Å². The second kappa shape index (κ2) is 5.72. The summed E-state index contributed by atoms with van der Waals surface area (Å²) in [6.45, 7) is 1.50. The molecule has 0 spiro atoms. The van der Waals surface area contributed by atoms with Gasteiger partial charge in [-0.15, -0.1) is 0 Å². The Morgan fingerprint density at radius 2 is 2.00 bits per heavy atom. The van der Waals surface area contributed by atoms with Gasteiger partial charge in [0.1, 0.15) is 0 Å². The van der Waals surface area contributed by atoms with E-state index in [9.17, 15) is 13.2 Å². The van der Waals surface area contributed by atoms with Crippen molar-refractivity contribution in [1.82, 2.24) is 0 Å². The number of aliphatic carboxylic acids is 1. The van der Waals surface area contributed by atoms with Crippen molar-refractivity contribution in [3.8, 4) is 0 Å². The first-order valence-electron chi connectivity index (χ1n) is 4.09. The Bertz CT molecular complexity index is 474. The van der Waals surface area contributed by atoms with E-state index in [1.165, 1.54) is 31.2 Å². The monoisotopic (exact) mass is 270 g/mol. The molecule has 1 unspecified atom stereocenters. The Kier molecular flexibility index (Phi) is 5.80. The molecule has 1 atom stereocenters. The van der Waals surface area contributed by atoms with Crippen LogP contribution in [0, 0.1) is 0 Å². The SMILES string of the molecule is CC=C1C=CC=CC1(C(=O)O)S(=O)(=O)O.[KH]. The van der Waals surface area contributed by atoms with Gasteiger partial charge in [0.15, 0.2) is 0 Å². The Morgan fingerprint density at radius 1 is 1.44 bits per heavy atom. The fourth-order valence-electron chi connectivity index (χ4n) is 1.42. The molecule has 7 heteroatoms. The maximum absolute atomic E-state index is 11.2. The summed E-state index contributed by atoms with van der Waals surface area (Å²) >= 11 is 0. The van der Waals surface area contributed by atoms with E-state index in [2.05, 4.69) is 0 Å². The van der Waals surface area contributed by atoms with E-state index in [0.717, 1.165) is 6.08 Å². The molecule has 0 aliphatic heterocycles. The van der Waals surface area contributed by atoms with Gasteiger partial charge in [-0.2, -0.15) is 8.42 Å². The number of carboxylic acid groups (broad SMARTS) is 1.